The van der Waals surface area contributed by atoms with Crippen LogP contribution in [-0.4, -0.2) is 15.5 Å². The Balaban J connectivity index is 1.58. The molecule has 4 aromatic rings. The summed E-state index contributed by atoms with van der Waals surface area (Å²) in [6, 6.07) is 18.8. The van der Waals surface area contributed by atoms with Gasteiger partial charge in [0.1, 0.15) is 24.7 Å². The maximum atomic E-state index is 13.2. The highest BCUT2D eigenvalue weighted by Crippen LogP contribution is 2.34. The van der Waals surface area contributed by atoms with Crippen LogP contribution in [0.15, 0.2) is 72.8 Å². The lowest BCUT2D eigenvalue weighted by Gasteiger charge is -2.15. The summed E-state index contributed by atoms with van der Waals surface area (Å²) in [5.74, 6) is 0.412. The van der Waals surface area contributed by atoms with Crippen LogP contribution in [0.4, 0.5) is 18.9 Å². The molecule has 0 radical (unpaired) electrons. The molecule has 0 aliphatic heterocycles. The number of anilines is 1. The molecule has 0 spiro atoms. The van der Waals surface area contributed by atoms with Gasteiger partial charge >= 0.3 is 6.18 Å². The number of halogens is 4. The normalized spacial score (nSPS) is 11.5. The molecule has 0 bridgehead atoms. The molecule has 1 aromatic heterocycles. The Hall–Kier alpha value is -3.52. The number of ether oxygens (including phenoxy) is 1. The molecule has 3 aromatic carbocycles. The molecule has 0 aliphatic carbocycles. The number of hydrogen-bond acceptors (Lipinski definition) is 3. The first-order valence-electron chi connectivity index (χ1n) is 9.60. The third kappa shape index (κ3) is 4.86. The number of carbonyl (C=O) groups is 1. The lowest BCUT2D eigenvalue weighted by molar-refractivity contribution is -0.137. The van der Waals surface area contributed by atoms with E-state index < -0.39 is 17.6 Å². The third-order valence-corrected chi connectivity index (χ3v) is 4.98. The highest BCUT2D eigenvalue weighted by Gasteiger charge is 2.33. The standard InChI is InChI=1S/C23H17ClF3N3O2/c24-15-9-11-16(12-10-15)32-14-21-28-19-7-3-4-8-20(19)30(21)13-22(31)29-18-6-2-1-5-17(18)23(25,26)27/h1-12H,13-14H2,(H,29,31). The van der Waals surface area contributed by atoms with Gasteiger partial charge in [-0.05, 0) is 48.5 Å². The van der Waals surface area contributed by atoms with Crippen LogP contribution in [0.1, 0.15) is 11.4 Å². The molecule has 1 amide bonds. The number of carbonyl (C=O) groups excluding carboxylic acids is 1. The summed E-state index contributed by atoms with van der Waals surface area (Å²) in [6.45, 7) is -0.172. The van der Waals surface area contributed by atoms with Gasteiger partial charge in [0.15, 0.2) is 0 Å². The molecule has 5 nitrogen and oxygen atoms in total. The number of fused-ring (bicyclic) bond motifs is 1. The van der Waals surface area contributed by atoms with Gasteiger partial charge in [-0.1, -0.05) is 35.9 Å². The Bertz CT molecular complexity index is 1250. The van der Waals surface area contributed by atoms with Gasteiger partial charge in [-0.2, -0.15) is 13.2 Å². The number of rotatable bonds is 6. The number of imidazole rings is 1. The number of para-hydroxylation sites is 3. The van der Waals surface area contributed by atoms with Crippen LogP contribution >= 0.6 is 11.6 Å². The van der Waals surface area contributed by atoms with E-state index in [0.717, 1.165) is 6.07 Å². The zero-order chi connectivity index (χ0) is 22.7. The minimum Gasteiger partial charge on any atom is -0.486 e. The van der Waals surface area contributed by atoms with Crippen molar-refractivity contribution in [2.45, 2.75) is 19.3 Å². The molecule has 0 aliphatic rings. The average Bonchev–Trinajstić information content (AvgIpc) is 3.10. The van der Waals surface area contributed by atoms with Crippen molar-refractivity contribution >= 4 is 34.2 Å². The molecular formula is C23H17ClF3N3O2. The van der Waals surface area contributed by atoms with Crippen molar-refractivity contribution in [3.8, 4) is 5.75 Å². The van der Waals surface area contributed by atoms with Crippen molar-refractivity contribution in [2.24, 2.45) is 0 Å². The molecular weight excluding hydrogens is 443 g/mol. The van der Waals surface area contributed by atoms with Gasteiger partial charge in [0.2, 0.25) is 5.91 Å². The predicted octanol–water partition coefficient (Wildman–Crippen LogP) is 5.93. The second kappa shape index (κ2) is 8.92. The quantitative estimate of drug-likeness (QED) is 0.389. The third-order valence-electron chi connectivity index (χ3n) is 4.72. The smallest absolute Gasteiger partial charge is 0.418 e. The van der Waals surface area contributed by atoms with E-state index in [4.69, 9.17) is 16.3 Å². The maximum absolute atomic E-state index is 13.2. The number of amides is 1. The first-order valence-corrected chi connectivity index (χ1v) is 9.97. The van der Waals surface area contributed by atoms with Crippen LogP contribution in [-0.2, 0) is 24.1 Å². The maximum Gasteiger partial charge on any atom is 0.418 e. The number of benzene rings is 3. The first kappa shape index (κ1) is 21.7. The Morgan fingerprint density at radius 3 is 2.44 bits per heavy atom. The van der Waals surface area contributed by atoms with E-state index in [-0.39, 0.29) is 18.8 Å². The van der Waals surface area contributed by atoms with Gasteiger partial charge in [-0.3, -0.25) is 4.79 Å². The van der Waals surface area contributed by atoms with Crippen molar-refractivity contribution in [1.29, 1.82) is 0 Å². The highest BCUT2D eigenvalue weighted by molar-refractivity contribution is 6.30. The van der Waals surface area contributed by atoms with Gasteiger partial charge < -0.3 is 14.6 Å². The second-order valence-electron chi connectivity index (χ2n) is 6.94. The minimum absolute atomic E-state index is 0.0583. The van der Waals surface area contributed by atoms with E-state index in [9.17, 15) is 18.0 Å². The van der Waals surface area contributed by atoms with E-state index >= 15 is 0 Å². The Kier molecular flexibility index (Phi) is 6.05. The van der Waals surface area contributed by atoms with Crippen molar-refractivity contribution in [2.75, 3.05) is 5.32 Å². The predicted molar refractivity (Wildman–Crippen MR) is 116 cm³/mol. The Labute approximate surface area is 186 Å². The molecule has 0 saturated heterocycles. The minimum atomic E-state index is -4.58. The average molecular weight is 460 g/mol. The summed E-state index contributed by atoms with van der Waals surface area (Å²) in [5, 5.41) is 2.93. The Morgan fingerprint density at radius 2 is 1.69 bits per heavy atom. The summed E-state index contributed by atoms with van der Waals surface area (Å²) in [4.78, 5) is 17.2. The summed E-state index contributed by atoms with van der Waals surface area (Å²) in [7, 11) is 0. The van der Waals surface area contributed by atoms with Crippen LogP contribution in [0.3, 0.4) is 0 Å². The molecule has 0 atom stereocenters. The summed E-state index contributed by atoms with van der Waals surface area (Å²) < 4.78 is 47.1. The fraction of sp³-hybridized carbons (Fsp3) is 0.130. The molecule has 0 unspecified atom stereocenters. The van der Waals surface area contributed by atoms with E-state index in [1.807, 2.05) is 6.07 Å². The van der Waals surface area contributed by atoms with Crippen LogP contribution in [0.2, 0.25) is 5.02 Å². The molecule has 0 fully saturated rings. The van der Waals surface area contributed by atoms with Gasteiger partial charge in [-0.15, -0.1) is 0 Å². The monoisotopic (exact) mass is 459 g/mol. The summed E-state index contributed by atoms with van der Waals surface area (Å²) in [6.07, 6.45) is -4.58. The van der Waals surface area contributed by atoms with Crippen LogP contribution in [0.25, 0.3) is 11.0 Å². The molecule has 164 valence electrons. The van der Waals surface area contributed by atoms with Crippen LogP contribution in [0, 0.1) is 0 Å². The van der Waals surface area contributed by atoms with E-state index in [1.165, 1.54) is 18.2 Å². The van der Waals surface area contributed by atoms with E-state index in [2.05, 4.69) is 10.3 Å². The number of nitrogens with one attached hydrogen (secondary N) is 1. The highest BCUT2D eigenvalue weighted by atomic mass is 35.5. The Morgan fingerprint density at radius 1 is 1.00 bits per heavy atom. The summed E-state index contributed by atoms with van der Waals surface area (Å²) in [5.41, 5.74) is 0.107. The van der Waals surface area contributed by atoms with E-state index in [0.29, 0.717) is 27.6 Å². The fourth-order valence-electron chi connectivity index (χ4n) is 3.26. The van der Waals surface area contributed by atoms with Crippen molar-refractivity contribution in [3.05, 3.63) is 89.2 Å². The second-order valence-corrected chi connectivity index (χ2v) is 7.37. The molecule has 4 rings (SSSR count). The number of aromatic nitrogens is 2. The van der Waals surface area contributed by atoms with Crippen molar-refractivity contribution in [1.82, 2.24) is 9.55 Å². The van der Waals surface area contributed by atoms with Crippen molar-refractivity contribution < 1.29 is 22.7 Å². The van der Waals surface area contributed by atoms with Gasteiger partial charge in [0.25, 0.3) is 0 Å². The largest absolute Gasteiger partial charge is 0.486 e. The summed E-state index contributed by atoms with van der Waals surface area (Å²) >= 11 is 5.88. The number of hydrogen-bond donors (Lipinski definition) is 1. The molecule has 1 N–H and O–H groups in total. The lowest BCUT2D eigenvalue weighted by atomic mass is 10.1. The fourth-order valence-corrected chi connectivity index (χ4v) is 3.39. The molecule has 32 heavy (non-hydrogen) atoms. The number of nitrogens with zero attached hydrogens (tertiary/aromatic N) is 2. The van der Waals surface area contributed by atoms with Gasteiger partial charge in [0, 0.05) is 5.02 Å². The van der Waals surface area contributed by atoms with Gasteiger partial charge in [0.05, 0.1) is 22.3 Å². The van der Waals surface area contributed by atoms with Crippen LogP contribution < -0.4 is 10.1 Å². The van der Waals surface area contributed by atoms with E-state index in [1.54, 1.807) is 47.0 Å². The van der Waals surface area contributed by atoms with Gasteiger partial charge in [-0.25, -0.2) is 4.98 Å². The van der Waals surface area contributed by atoms with Crippen molar-refractivity contribution in [3.63, 3.8) is 0 Å². The zero-order valence-corrected chi connectivity index (χ0v) is 17.3. The molecule has 0 saturated carbocycles. The van der Waals surface area contributed by atoms with Crippen LogP contribution in [0.5, 0.6) is 5.75 Å². The lowest BCUT2D eigenvalue weighted by Crippen LogP contribution is -2.22. The zero-order valence-electron chi connectivity index (χ0n) is 16.6. The SMILES string of the molecule is O=C(Cn1c(COc2ccc(Cl)cc2)nc2ccccc21)Nc1ccccc1C(F)(F)F. The topological polar surface area (TPSA) is 56.2 Å². The molecule has 9 heteroatoms. The molecule has 1 heterocycles. The first-order chi connectivity index (χ1) is 15.3. The number of alkyl halides is 3.